The summed E-state index contributed by atoms with van der Waals surface area (Å²) in [6.45, 7) is 6.57. The lowest BCUT2D eigenvalue weighted by Crippen LogP contribution is -2.10. The lowest BCUT2D eigenvalue weighted by Gasteiger charge is -2.20. The average Bonchev–Trinajstić information content (AvgIpc) is 2.33. The van der Waals surface area contributed by atoms with E-state index in [0.29, 0.717) is 0 Å². The molecule has 0 bridgehead atoms. The first-order valence-electron chi connectivity index (χ1n) is 6.20. The van der Waals surface area contributed by atoms with E-state index >= 15 is 0 Å². The van der Waals surface area contributed by atoms with Crippen molar-refractivity contribution in [2.75, 3.05) is 5.73 Å². The molecule has 0 unspecified atom stereocenters. The Labute approximate surface area is 122 Å². The number of anilines is 1. The van der Waals surface area contributed by atoms with E-state index in [2.05, 4.69) is 48.8 Å². The second kappa shape index (κ2) is 5.25. The van der Waals surface area contributed by atoms with E-state index in [1.807, 2.05) is 30.3 Å². The lowest BCUT2D eigenvalue weighted by atomic mass is 9.87. The van der Waals surface area contributed by atoms with Crippen molar-refractivity contribution in [2.45, 2.75) is 26.2 Å². The molecule has 3 heteroatoms. The molecule has 0 fully saturated rings. The van der Waals surface area contributed by atoms with Crippen LogP contribution in [0.15, 0.2) is 46.9 Å². The van der Waals surface area contributed by atoms with E-state index in [-0.39, 0.29) is 5.41 Å². The molecule has 2 aromatic carbocycles. The van der Waals surface area contributed by atoms with Crippen LogP contribution in [0.25, 0.3) is 0 Å². The highest BCUT2D eigenvalue weighted by Gasteiger charge is 2.15. The van der Waals surface area contributed by atoms with Gasteiger partial charge in [-0.05, 0) is 63.3 Å². The Hall–Kier alpha value is -1.48. The number of halogens is 1. The zero-order chi connectivity index (χ0) is 14.0. The Bertz CT molecular complexity index is 570. The molecule has 0 amide bonds. The molecule has 100 valence electrons. The summed E-state index contributed by atoms with van der Waals surface area (Å²) in [7, 11) is 0. The molecule has 2 N–H and O–H groups in total. The van der Waals surface area contributed by atoms with Gasteiger partial charge in [-0.2, -0.15) is 0 Å². The maximum atomic E-state index is 5.83. The normalized spacial score (nSPS) is 11.4. The molecule has 0 heterocycles. The summed E-state index contributed by atoms with van der Waals surface area (Å²) in [5.41, 5.74) is 7.78. The molecule has 0 aromatic heterocycles. The fourth-order valence-electron chi connectivity index (χ4n) is 1.71. The quantitative estimate of drug-likeness (QED) is 0.779. The Kier molecular flexibility index (Phi) is 3.85. The van der Waals surface area contributed by atoms with Gasteiger partial charge >= 0.3 is 0 Å². The van der Waals surface area contributed by atoms with Crippen LogP contribution in [0.3, 0.4) is 0 Å². The van der Waals surface area contributed by atoms with E-state index in [1.54, 1.807) is 0 Å². The van der Waals surface area contributed by atoms with E-state index in [4.69, 9.17) is 10.5 Å². The fraction of sp³-hybridized carbons (Fsp3) is 0.250. The molecule has 0 radical (unpaired) electrons. The average molecular weight is 320 g/mol. The van der Waals surface area contributed by atoms with E-state index in [0.717, 1.165) is 21.7 Å². The molecule has 0 spiro atoms. The predicted molar refractivity (Wildman–Crippen MR) is 83.8 cm³/mol. The Morgan fingerprint density at radius 1 is 1.00 bits per heavy atom. The molecule has 0 saturated carbocycles. The molecular weight excluding hydrogens is 302 g/mol. The van der Waals surface area contributed by atoms with Crippen molar-refractivity contribution in [3.8, 4) is 11.5 Å². The molecule has 2 rings (SSSR count). The first-order valence-corrected chi connectivity index (χ1v) is 6.99. The maximum Gasteiger partial charge on any atom is 0.141 e. The van der Waals surface area contributed by atoms with Crippen LogP contribution in [0, 0.1) is 0 Å². The largest absolute Gasteiger partial charge is 0.456 e. The monoisotopic (exact) mass is 319 g/mol. The first-order chi connectivity index (χ1) is 8.86. The Morgan fingerprint density at radius 2 is 1.63 bits per heavy atom. The van der Waals surface area contributed by atoms with Crippen molar-refractivity contribution in [1.82, 2.24) is 0 Å². The molecule has 0 aliphatic carbocycles. The fourth-order valence-corrected chi connectivity index (χ4v) is 2.17. The molecule has 0 saturated heterocycles. The summed E-state index contributed by atoms with van der Waals surface area (Å²) in [5.74, 6) is 1.58. The third-order valence-electron chi connectivity index (χ3n) is 2.91. The van der Waals surface area contributed by atoms with Crippen molar-refractivity contribution in [3.63, 3.8) is 0 Å². The van der Waals surface area contributed by atoms with Crippen LogP contribution < -0.4 is 10.5 Å². The number of ether oxygens (including phenoxy) is 1. The van der Waals surface area contributed by atoms with Gasteiger partial charge in [0.2, 0.25) is 0 Å². The molecule has 19 heavy (non-hydrogen) atoms. The number of benzene rings is 2. The smallest absolute Gasteiger partial charge is 0.141 e. The SMILES string of the molecule is CC(C)(C)c1ccc(Oc2ccc(N)cc2)c(Br)c1. The van der Waals surface area contributed by atoms with Crippen LogP contribution in [0.1, 0.15) is 26.3 Å². The number of hydrogen-bond donors (Lipinski definition) is 1. The highest BCUT2D eigenvalue weighted by Crippen LogP contribution is 2.34. The summed E-state index contributed by atoms with van der Waals surface area (Å²) < 4.78 is 6.78. The Morgan fingerprint density at radius 3 is 2.16 bits per heavy atom. The number of nitrogens with two attached hydrogens (primary N) is 1. The highest BCUT2D eigenvalue weighted by atomic mass is 79.9. The van der Waals surface area contributed by atoms with Crippen LogP contribution in [0.2, 0.25) is 0 Å². The van der Waals surface area contributed by atoms with Gasteiger partial charge in [0.05, 0.1) is 4.47 Å². The minimum absolute atomic E-state index is 0.127. The van der Waals surface area contributed by atoms with Gasteiger partial charge in [-0.25, -0.2) is 0 Å². The minimum atomic E-state index is 0.127. The van der Waals surface area contributed by atoms with E-state index < -0.39 is 0 Å². The third-order valence-corrected chi connectivity index (χ3v) is 3.53. The van der Waals surface area contributed by atoms with Gasteiger partial charge in [0.25, 0.3) is 0 Å². The van der Waals surface area contributed by atoms with E-state index in [9.17, 15) is 0 Å². The zero-order valence-electron chi connectivity index (χ0n) is 11.4. The van der Waals surface area contributed by atoms with Crippen molar-refractivity contribution >= 4 is 21.6 Å². The van der Waals surface area contributed by atoms with Crippen LogP contribution >= 0.6 is 15.9 Å². The van der Waals surface area contributed by atoms with Gasteiger partial charge in [-0.1, -0.05) is 26.8 Å². The standard InChI is InChI=1S/C16H18BrNO/c1-16(2,3)11-4-9-15(14(17)10-11)19-13-7-5-12(18)6-8-13/h4-10H,18H2,1-3H3. The van der Waals surface area contributed by atoms with Gasteiger partial charge < -0.3 is 10.5 Å². The van der Waals surface area contributed by atoms with Crippen molar-refractivity contribution < 1.29 is 4.74 Å². The number of rotatable bonds is 2. The van der Waals surface area contributed by atoms with Gasteiger partial charge in [0.15, 0.2) is 0 Å². The highest BCUT2D eigenvalue weighted by molar-refractivity contribution is 9.10. The van der Waals surface area contributed by atoms with Crippen molar-refractivity contribution in [3.05, 3.63) is 52.5 Å². The van der Waals surface area contributed by atoms with Crippen LogP contribution in [-0.4, -0.2) is 0 Å². The summed E-state index contributed by atoms with van der Waals surface area (Å²) >= 11 is 3.56. The zero-order valence-corrected chi connectivity index (χ0v) is 13.0. The second-order valence-electron chi connectivity index (χ2n) is 5.57. The summed E-state index contributed by atoms with van der Waals surface area (Å²) in [4.78, 5) is 0. The lowest BCUT2D eigenvalue weighted by molar-refractivity contribution is 0.478. The molecule has 0 aliphatic heterocycles. The summed E-state index contributed by atoms with van der Waals surface area (Å²) in [5, 5.41) is 0. The molecule has 2 nitrogen and oxygen atoms in total. The van der Waals surface area contributed by atoms with E-state index in [1.165, 1.54) is 5.56 Å². The van der Waals surface area contributed by atoms with Crippen molar-refractivity contribution in [1.29, 1.82) is 0 Å². The second-order valence-corrected chi connectivity index (χ2v) is 6.42. The summed E-state index contributed by atoms with van der Waals surface area (Å²) in [6.07, 6.45) is 0. The Balaban J connectivity index is 2.24. The predicted octanol–water partition coefficient (Wildman–Crippen LogP) is 5.12. The first kappa shape index (κ1) is 13.9. The molecule has 2 aromatic rings. The van der Waals surface area contributed by atoms with Gasteiger partial charge in [0.1, 0.15) is 11.5 Å². The minimum Gasteiger partial charge on any atom is -0.456 e. The topological polar surface area (TPSA) is 35.2 Å². The van der Waals surface area contributed by atoms with Gasteiger partial charge in [-0.15, -0.1) is 0 Å². The maximum absolute atomic E-state index is 5.83. The van der Waals surface area contributed by atoms with Gasteiger partial charge in [-0.3, -0.25) is 0 Å². The number of nitrogen functional groups attached to an aromatic ring is 1. The molecule has 0 aliphatic rings. The summed E-state index contributed by atoms with van der Waals surface area (Å²) in [6, 6.07) is 13.6. The van der Waals surface area contributed by atoms with Crippen LogP contribution in [0.5, 0.6) is 11.5 Å². The third kappa shape index (κ3) is 3.51. The van der Waals surface area contributed by atoms with Crippen LogP contribution in [-0.2, 0) is 5.41 Å². The van der Waals surface area contributed by atoms with Crippen LogP contribution in [0.4, 0.5) is 5.69 Å². The molecular formula is C16H18BrNO. The van der Waals surface area contributed by atoms with Gasteiger partial charge in [0, 0.05) is 5.69 Å². The van der Waals surface area contributed by atoms with Crippen molar-refractivity contribution in [2.24, 2.45) is 0 Å². The molecule has 0 atom stereocenters. The number of hydrogen-bond acceptors (Lipinski definition) is 2.